The predicted octanol–water partition coefficient (Wildman–Crippen LogP) is 5.65. The minimum Gasteiger partial charge on any atom is -0.256 e. The molecule has 0 N–H and O–H groups in total. The number of benzene rings is 1. The van der Waals surface area contributed by atoms with Gasteiger partial charge in [0, 0.05) is 17.3 Å². The quantitative estimate of drug-likeness (QED) is 0.637. The van der Waals surface area contributed by atoms with Gasteiger partial charge in [0.05, 0.1) is 5.69 Å². The maximum absolute atomic E-state index is 14.6. The average Bonchev–Trinajstić information content (AvgIpc) is 2.44. The summed E-state index contributed by atoms with van der Waals surface area (Å²) >= 11 is 0. The average molecular weight is 351 g/mol. The number of pyridine rings is 1. The first kappa shape index (κ1) is 18.2. The lowest BCUT2D eigenvalue weighted by atomic mass is 9.85. The fourth-order valence-electron chi connectivity index (χ4n) is 2.56. The van der Waals surface area contributed by atoms with Gasteiger partial charge in [-0.1, -0.05) is 23.8 Å². The standard InChI is InChI=1S/C16H12F7N/c1-9-7-10(2)13(12-5-3-4-6-24-12)11(8-9)14(17,15(18,19)20)16(21,22)23/h3-8H,1-2H3. The third-order valence-electron chi connectivity index (χ3n) is 3.55. The summed E-state index contributed by atoms with van der Waals surface area (Å²) in [6.45, 7) is 2.61. The first-order chi connectivity index (χ1) is 10.9. The highest BCUT2D eigenvalue weighted by Gasteiger charge is 2.74. The Morgan fingerprint density at radius 1 is 0.833 bits per heavy atom. The minimum absolute atomic E-state index is 0.0687. The highest BCUT2D eigenvalue weighted by atomic mass is 19.4. The number of hydrogen-bond donors (Lipinski definition) is 0. The monoisotopic (exact) mass is 351 g/mol. The largest absolute Gasteiger partial charge is 0.435 e. The van der Waals surface area contributed by atoms with Crippen LogP contribution in [0.2, 0.25) is 0 Å². The molecule has 8 heteroatoms. The Morgan fingerprint density at radius 2 is 1.42 bits per heavy atom. The minimum atomic E-state index is -6.17. The topological polar surface area (TPSA) is 12.9 Å². The van der Waals surface area contributed by atoms with Crippen molar-refractivity contribution in [3.8, 4) is 11.3 Å². The zero-order chi connectivity index (χ0) is 18.3. The summed E-state index contributed by atoms with van der Waals surface area (Å²) in [7, 11) is 0. The zero-order valence-corrected chi connectivity index (χ0v) is 12.6. The Morgan fingerprint density at radius 3 is 1.88 bits per heavy atom. The molecule has 24 heavy (non-hydrogen) atoms. The van der Waals surface area contributed by atoms with E-state index in [0.717, 1.165) is 0 Å². The lowest BCUT2D eigenvalue weighted by molar-refractivity contribution is -0.348. The van der Waals surface area contributed by atoms with Crippen LogP contribution in [0, 0.1) is 13.8 Å². The SMILES string of the molecule is Cc1cc(C)c(-c2ccccn2)c(C(F)(C(F)(F)F)C(F)(F)F)c1. The summed E-state index contributed by atoms with van der Waals surface area (Å²) in [6.07, 6.45) is -11.1. The number of nitrogens with zero attached hydrogens (tertiary/aromatic N) is 1. The van der Waals surface area contributed by atoms with Crippen LogP contribution in [0.3, 0.4) is 0 Å². The molecule has 0 aliphatic carbocycles. The van der Waals surface area contributed by atoms with E-state index in [1.54, 1.807) is 0 Å². The van der Waals surface area contributed by atoms with Gasteiger partial charge in [-0.2, -0.15) is 26.3 Å². The van der Waals surface area contributed by atoms with Crippen LogP contribution < -0.4 is 0 Å². The van der Waals surface area contributed by atoms with Crippen LogP contribution in [0.1, 0.15) is 16.7 Å². The summed E-state index contributed by atoms with van der Waals surface area (Å²) < 4.78 is 93.3. The van der Waals surface area contributed by atoms with E-state index in [2.05, 4.69) is 4.98 Å². The molecule has 2 rings (SSSR count). The van der Waals surface area contributed by atoms with Crippen molar-refractivity contribution in [2.75, 3.05) is 0 Å². The number of rotatable bonds is 2. The molecule has 0 saturated heterocycles. The van der Waals surface area contributed by atoms with Crippen LogP contribution in [0.4, 0.5) is 30.7 Å². The van der Waals surface area contributed by atoms with E-state index in [0.29, 0.717) is 6.07 Å². The molecule has 0 atom stereocenters. The maximum Gasteiger partial charge on any atom is 0.435 e. The van der Waals surface area contributed by atoms with Crippen LogP contribution in [0.25, 0.3) is 11.3 Å². The molecule has 0 amide bonds. The highest BCUT2D eigenvalue weighted by molar-refractivity contribution is 5.70. The van der Waals surface area contributed by atoms with E-state index in [4.69, 9.17) is 0 Å². The van der Waals surface area contributed by atoms with Crippen molar-refractivity contribution in [3.05, 3.63) is 53.2 Å². The second-order valence-corrected chi connectivity index (χ2v) is 5.37. The van der Waals surface area contributed by atoms with E-state index in [-0.39, 0.29) is 16.8 Å². The second kappa shape index (κ2) is 5.75. The third-order valence-corrected chi connectivity index (χ3v) is 3.55. The molecule has 0 fully saturated rings. The van der Waals surface area contributed by atoms with Crippen molar-refractivity contribution in [1.82, 2.24) is 4.98 Å². The summed E-state index contributed by atoms with van der Waals surface area (Å²) in [6, 6.07) is 6.02. The molecule has 1 aromatic heterocycles. The van der Waals surface area contributed by atoms with Gasteiger partial charge in [-0.3, -0.25) is 4.98 Å². The van der Waals surface area contributed by atoms with E-state index in [9.17, 15) is 30.7 Å². The van der Waals surface area contributed by atoms with Gasteiger partial charge in [-0.15, -0.1) is 0 Å². The van der Waals surface area contributed by atoms with Gasteiger partial charge in [-0.25, -0.2) is 4.39 Å². The first-order valence-electron chi connectivity index (χ1n) is 6.75. The second-order valence-electron chi connectivity index (χ2n) is 5.37. The van der Waals surface area contributed by atoms with Crippen LogP contribution in [0.15, 0.2) is 36.5 Å². The number of halogens is 7. The van der Waals surface area contributed by atoms with Crippen LogP contribution >= 0.6 is 0 Å². The Kier molecular flexibility index (Phi) is 4.37. The third kappa shape index (κ3) is 2.85. The fraction of sp³-hybridized carbons (Fsp3) is 0.312. The van der Waals surface area contributed by atoms with E-state index >= 15 is 0 Å². The van der Waals surface area contributed by atoms with E-state index in [1.165, 1.54) is 44.3 Å². The van der Waals surface area contributed by atoms with Crippen molar-refractivity contribution in [2.45, 2.75) is 31.9 Å². The van der Waals surface area contributed by atoms with Gasteiger partial charge >= 0.3 is 18.0 Å². The van der Waals surface area contributed by atoms with Crippen molar-refractivity contribution < 1.29 is 30.7 Å². The smallest absolute Gasteiger partial charge is 0.256 e. The maximum atomic E-state index is 14.6. The molecule has 130 valence electrons. The van der Waals surface area contributed by atoms with Gasteiger partial charge in [-0.05, 0) is 31.5 Å². The Labute approximate surface area is 133 Å². The van der Waals surface area contributed by atoms with Gasteiger partial charge in [0.15, 0.2) is 0 Å². The van der Waals surface area contributed by atoms with E-state index < -0.39 is 29.1 Å². The van der Waals surface area contributed by atoms with Crippen LogP contribution in [-0.2, 0) is 5.67 Å². The Hall–Kier alpha value is -2.12. The van der Waals surface area contributed by atoms with Crippen molar-refractivity contribution >= 4 is 0 Å². The molecule has 2 aromatic rings. The fourth-order valence-corrected chi connectivity index (χ4v) is 2.56. The zero-order valence-electron chi connectivity index (χ0n) is 12.6. The van der Waals surface area contributed by atoms with Crippen LogP contribution in [-0.4, -0.2) is 17.3 Å². The van der Waals surface area contributed by atoms with Gasteiger partial charge in [0.1, 0.15) is 0 Å². The first-order valence-corrected chi connectivity index (χ1v) is 6.75. The molecule has 0 spiro atoms. The highest BCUT2D eigenvalue weighted by Crippen LogP contribution is 2.55. The molecule has 0 bridgehead atoms. The Bertz CT molecular complexity index is 719. The normalized spacial score (nSPS) is 13.2. The molecule has 0 unspecified atom stereocenters. The van der Waals surface area contributed by atoms with Crippen molar-refractivity contribution in [1.29, 1.82) is 0 Å². The molecule has 1 aromatic carbocycles. The number of hydrogen-bond acceptors (Lipinski definition) is 1. The van der Waals surface area contributed by atoms with Gasteiger partial charge in [0.25, 0.3) is 0 Å². The molecule has 0 radical (unpaired) electrons. The number of aromatic nitrogens is 1. The van der Waals surface area contributed by atoms with Gasteiger partial charge in [0.2, 0.25) is 0 Å². The Balaban J connectivity index is 2.92. The van der Waals surface area contributed by atoms with Crippen LogP contribution in [0.5, 0.6) is 0 Å². The summed E-state index contributed by atoms with van der Waals surface area (Å²) in [5.74, 6) is 0. The van der Waals surface area contributed by atoms with Crippen molar-refractivity contribution in [2.24, 2.45) is 0 Å². The summed E-state index contributed by atoms with van der Waals surface area (Å²) in [5, 5.41) is 0. The molecule has 1 heterocycles. The molecule has 0 saturated carbocycles. The van der Waals surface area contributed by atoms with E-state index in [1.807, 2.05) is 0 Å². The lowest BCUT2D eigenvalue weighted by Gasteiger charge is -2.32. The molecular weight excluding hydrogens is 339 g/mol. The molecule has 0 aliphatic heterocycles. The molecular formula is C16H12F7N. The van der Waals surface area contributed by atoms with Crippen molar-refractivity contribution in [3.63, 3.8) is 0 Å². The number of alkyl halides is 7. The van der Waals surface area contributed by atoms with Gasteiger partial charge < -0.3 is 0 Å². The summed E-state index contributed by atoms with van der Waals surface area (Å²) in [4.78, 5) is 3.78. The summed E-state index contributed by atoms with van der Waals surface area (Å²) in [5.41, 5.74) is -7.53. The molecule has 1 nitrogen and oxygen atoms in total. The lowest BCUT2D eigenvalue weighted by Crippen LogP contribution is -2.50. The number of aryl methyl sites for hydroxylation is 2. The molecule has 0 aliphatic rings. The predicted molar refractivity (Wildman–Crippen MR) is 74.0 cm³/mol.